The fraction of sp³-hybridized carbons (Fsp3) is 0.192. The highest BCUT2D eigenvalue weighted by atomic mass is 32.1. The summed E-state index contributed by atoms with van der Waals surface area (Å²) < 4.78 is 16.0. The molecule has 11 heteroatoms. The van der Waals surface area contributed by atoms with Crippen LogP contribution in [0.15, 0.2) is 49.1 Å². The molecule has 6 aromatic heterocycles. The zero-order valence-electron chi connectivity index (χ0n) is 20.1. The number of pyridine rings is 3. The smallest absolute Gasteiger partial charge is 0.161 e. The van der Waals surface area contributed by atoms with Gasteiger partial charge in [-0.2, -0.15) is 5.10 Å². The molecule has 186 valence electrons. The number of nitrogens with zero attached hydrogens (tertiary/aromatic N) is 5. The van der Waals surface area contributed by atoms with Gasteiger partial charge >= 0.3 is 0 Å². The molecule has 0 fully saturated rings. The quantitative estimate of drug-likeness (QED) is 0.202. The van der Waals surface area contributed by atoms with Crippen LogP contribution in [0.25, 0.3) is 55.3 Å². The highest BCUT2D eigenvalue weighted by molar-refractivity contribution is 7.15. The summed E-state index contributed by atoms with van der Waals surface area (Å²) in [6.07, 6.45) is 7.08. The first-order valence-electron chi connectivity index (χ1n) is 11.9. The predicted octanol–water partition coefficient (Wildman–Crippen LogP) is 5.66. The number of aliphatic hydroxyl groups is 1. The summed E-state index contributed by atoms with van der Waals surface area (Å²) in [5.74, 6) is -0.113. The molecule has 0 spiro atoms. The van der Waals surface area contributed by atoms with E-state index in [0.717, 1.165) is 22.5 Å². The van der Waals surface area contributed by atoms with Crippen LogP contribution in [-0.4, -0.2) is 46.5 Å². The van der Waals surface area contributed by atoms with Crippen LogP contribution < -0.4 is 5.32 Å². The molecule has 0 amide bonds. The van der Waals surface area contributed by atoms with Gasteiger partial charge in [-0.05, 0) is 37.6 Å². The van der Waals surface area contributed by atoms with Crippen molar-refractivity contribution in [1.29, 1.82) is 0 Å². The van der Waals surface area contributed by atoms with E-state index < -0.39 is 12.0 Å². The molecule has 0 aliphatic rings. The first kappa shape index (κ1) is 23.2. The lowest BCUT2D eigenvalue weighted by atomic mass is 10.1. The Kier molecular flexibility index (Phi) is 5.85. The molecule has 0 aliphatic heterocycles. The van der Waals surface area contributed by atoms with Gasteiger partial charge in [0.25, 0.3) is 0 Å². The van der Waals surface area contributed by atoms with Gasteiger partial charge in [0, 0.05) is 22.8 Å². The van der Waals surface area contributed by atoms with Crippen molar-refractivity contribution in [3.05, 3.63) is 59.7 Å². The third-order valence-corrected chi connectivity index (χ3v) is 7.06. The Hall–Kier alpha value is -4.22. The second-order valence-corrected chi connectivity index (χ2v) is 10.0. The van der Waals surface area contributed by atoms with Crippen LogP contribution in [0.2, 0.25) is 0 Å². The number of nitrogens with one attached hydrogen (secondary N) is 3. The van der Waals surface area contributed by atoms with Gasteiger partial charge in [0.15, 0.2) is 11.6 Å². The molecule has 0 bridgehead atoms. The second kappa shape index (κ2) is 9.34. The van der Waals surface area contributed by atoms with Gasteiger partial charge in [-0.15, -0.1) is 11.3 Å². The third-order valence-electron chi connectivity index (χ3n) is 6.05. The fourth-order valence-corrected chi connectivity index (χ4v) is 5.19. The Morgan fingerprint density at radius 3 is 2.78 bits per heavy atom. The van der Waals surface area contributed by atoms with E-state index in [0.29, 0.717) is 40.2 Å². The average Bonchev–Trinajstić information content (AvgIpc) is 3.62. The summed E-state index contributed by atoms with van der Waals surface area (Å²) in [6.45, 7) is 4.03. The number of aliphatic hydroxyl groups excluding tert-OH is 1. The molecule has 1 unspecified atom stereocenters. The molecule has 1 atom stereocenters. The van der Waals surface area contributed by atoms with Crippen LogP contribution in [0.1, 0.15) is 24.6 Å². The number of halogens is 1. The molecule has 0 saturated carbocycles. The van der Waals surface area contributed by atoms with Gasteiger partial charge in [-0.25, -0.2) is 9.37 Å². The molecular weight excluding hydrogens is 491 g/mol. The van der Waals surface area contributed by atoms with E-state index in [-0.39, 0.29) is 11.1 Å². The van der Waals surface area contributed by atoms with Crippen LogP contribution >= 0.6 is 11.3 Å². The van der Waals surface area contributed by atoms with Gasteiger partial charge in [-0.3, -0.25) is 20.1 Å². The van der Waals surface area contributed by atoms with Gasteiger partial charge in [0.2, 0.25) is 0 Å². The first-order valence-corrected chi connectivity index (χ1v) is 12.7. The van der Waals surface area contributed by atoms with E-state index in [1.807, 2.05) is 32.0 Å². The summed E-state index contributed by atoms with van der Waals surface area (Å²) in [4.78, 5) is 23.3. The minimum Gasteiger partial charge on any atom is -0.374 e. The normalized spacial score (nSPS) is 12.4. The number of rotatable bonds is 7. The van der Waals surface area contributed by atoms with E-state index in [1.165, 1.54) is 11.1 Å². The maximum Gasteiger partial charge on any atom is 0.161 e. The number of hydrogen-bond donors (Lipinski definition) is 4. The number of hydrogen-bond acceptors (Lipinski definition) is 8. The van der Waals surface area contributed by atoms with Crippen molar-refractivity contribution in [1.82, 2.24) is 35.1 Å². The molecule has 6 heterocycles. The van der Waals surface area contributed by atoms with Gasteiger partial charge in [0.1, 0.15) is 28.8 Å². The summed E-state index contributed by atoms with van der Waals surface area (Å²) >= 11 is 1.64. The van der Waals surface area contributed by atoms with Crippen LogP contribution in [0.5, 0.6) is 0 Å². The number of aromatic amines is 2. The summed E-state index contributed by atoms with van der Waals surface area (Å²) in [5, 5.41) is 20.6. The minimum absolute atomic E-state index is 0.129. The summed E-state index contributed by atoms with van der Waals surface area (Å²) in [5.41, 5.74) is 4.22. The van der Waals surface area contributed by atoms with Crippen LogP contribution in [0.4, 0.5) is 10.1 Å². The first-order chi connectivity index (χ1) is 18.0. The molecular formula is C26H23FN8OS. The lowest BCUT2D eigenvalue weighted by Gasteiger charge is -2.13. The molecule has 0 aromatic carbocycles. The van der Waals surface area contributed by atoms with Crippen molar-refractivity contribution in [2.45, 2.75) is 32.9 Å². The molecule has 0 saturated heterocycles. The number of fused-ring (bicyclic) bond motifs is 2. The van der Waals surface area contributed by atoms with Crippen molar-refractivity contribution in [2.75, 3.05) is 5.32 Å². The topological polar surface area (TPSA) is 128 Å². The number of anilines is 1. The molecule has 6 rings (SSSR count). The second-order valence-electron chi connectivity index (χ2n) is 8.74. The van der Waals surface area contributed by atoms with E-state index >= 15 is 4.39 Å². The van der Waals surface area contributed by atoms with E-state index in [2.05, 4.69) is 35.5 Å². The number of aromatic nitrogens is 7. The number of aryl methyl sites for hydroxylation is 1. The monoisotopic (exact) mass is 514 g/mol. The fourth-order valence-electron chi connectivity index (χ4n) is 4.32. The minimum atomic E-state index is -0.714. The third kappa shape index (κ3) is 4.21. The highest BCUT2D eigenvalue weighted by Gasteiger charge is 2.22. The summed E-state index contributed by atoms with van der Waals surface area (Å²) in [6, 6.07) is 7.62. The van der Waals surface area contributed by atoms with Crippen LogP contribution in [0.3, 0.4) is 0 Å². The number of H-pyrrole nitrogens is 2. The van der Waals surface area contributed by atoms with Crippen LogP contribution in [0, 0.1) is 12.7 Å². The maximum atomic E-state index is 16.0. The van der Waals surface area contributed by atoms with Gasteiger partial charge in [-0.1, -0.05) is 13.3 Å². The van der Waals surface area contributed by atoms with E-state index in [9.17, 15) is 5.11 Å². The standard InChI is InChI=1S/C26H23FN8OS/c1-3-4-19(36)31-15-9-14(10-28-11-15)22-21(27)20-17(12-30-22)34-35-25(20)26-32-16-7-8-29-24(23(16)33-26)18-6-5-13(2)37-18/h5-12,19,31,36H,3-4H2,1-2H3,(H,32,33)(H,34,35). The largest absolute Gasteiger partial charge is 0.374 e. The van der Waals surface area contributed by atoms with Crippen molar-refractivity contribution in [2.24, 2.45) is 0 Å². The van der Waals surface area contributed by atoms with Crippen molar-refractivity contribution in [3.63, 3.8) is 0 Å². The van der Waals surface area contributed by atoms with Crippen LogP contribution in [-0.2, 0) is 0 Å². The Balaban J connectivity index is 1.44. The molecule has 6 aromatic rings. The zero-order chi connectivity index (χ0) is 25.5. The number of thiophene rings is 1. The molecule has 9 nitrogen and oxygen atoms in total. The average molecular weight is 515 g/mol. The van der Waals surface area contributed by atoms with E-state index in [4.69, 9.17) is 4.98 Å². The van der Waals surface area contributed by atoms with Gasteiger partial charge in [0.05, 0.1) is 39.4 Å². The molecule has 37 heavy (non-hydrogen) atoms. The maximum absolute atomic E-state index is 16.0. The Bertz CT molecular complexity index is 1740. The Morgan fingerprint density at radius 1 is 1.08 bits per heavy atom. The highest BCUT2D eigenvalue weighted by Crippen LogP contribution is 2.35. The Labute approximate surface area is 214 Å². The van der Waals surface area contributed by atoms with Crippen molar-refractivity contribution < 1.29 is 9.50 Å². The summed E-state index contributed by atoms with van der Waals surface area (Å²) in [7, 11) is 0. The number of imidazole rings is 1. The predicted molar refractivity (Wildman–Crippen MR) is 143 cm³/mol. The molecule has 0 radical (unpaired) electrons. The Morgan fingerprint density at radius 2 is 1.97 bits per heavy atom. The van der Waals surface area contributed by atoms with E-state index in [1.54, 1.807) is 36.0 Å². The van der Waals surface area contributed by atoms with Crippen molar-refractivity contribution in [3.8, 4) is 33.3 Å². The SMILES string of the molecule is CCCC(O)Nc1cncc(-c2ncc3[nH]nc(-c4nc5c(-c6ccc(C)s6)nccc5[nH]4)c3c2F)c1. The lowest BCUT2D eigenvalue weighted by Crippen LogP contribution is -2.18. The van der Waals surface area contributed by atoms with Gasteiger partial charge < -0.3 is 15.4 Å². The molecule has 4 N–H and O–H groups in total. The molecule has 0 aliphatic carbocycles. The lowest BCUT2D eigenvalue weighted by molar-refractivity contribution is 0.192. The zero-order valence-corrected chi connectivity index (χ0v) is 20.9. The van der Waals surface area contributed by atoms with Crippen molar-refractivity contribution >= 4 is 39.0 Å².